The van der Waals surface area contributed by atoms with Crippen molar-refractivity contribution in [1.82, 2.24) is 14.8 Å². The average molecular weight is 399 g/mol. The molecule has 140 valence electrons. The summed E-state index contributed by atoms with van der Waals surface area (Å²) in [5.41, 5.74) is 0.900. The van der Waals surface area contributed by atoms with Crippen LogP contribution in [0.25, 0.3) is 0 Å². The van der Waals surface area contributed by atoms with Crippen LogP contribution >= 0.6 is 23.1 Å². The van der Waals surface area contributed by atoms with E-state index in [1.54, 1.807) is 16.2 Å². The molecule has 2 heterocycles. The Kier molecular flexibility index (Phi) is 5.31. The largest absolute Gasteiger partial charge is 0.315 e. The topological polar surface area (TPSA) is 51.0 Å². The molecule has 4 rings (SSSR count). The van der Waals surface area contributed by atoms with Crippen molar-refractivity contribution in [2.45, 2.75) is 42.6 Å². The fourth-order valence-electron chi connectivity index (χ4n) is 3.04. The van der Waals surface area contributed by atoms with Gasteiger partial charge in [0, 0.05) is 30.1 Å². The zero-order valence-corrected chi connectivity index (χ0v) is 17.0. The maximum absolute atomic E-state index is 12.9. The van der Waals surface area contributed by atoms with Gasteiger partial charge in [-0.15, -0.1) is 21.5 Å². The molecular weight excluding hydrogens is 376 g/mol. The lowest BCUT2D eigenvalue weighted by molar-refractivity contribution is -0.117. The molecule has 0 unspecified atom stereocenters. The minimum absolute atomic E-state index is 0.0661. The van der Waals surface area contributed by atoms with Crippen LogP contribution in [0.15, 0.2) is 53.0 Å². The highest BCUT2D eigenvalue weighted by molar-refractivity contribution is 8.00. The van der Waals surface area contributed by atoms with Gasteiger partial charge in [-0.3, -0.25) is 4.79 Å². The third-order valence-corrected chi connectivity index (χ3v) is 6.58. The normalized spacial score (nSPS) is 14.9. The summed E-state index contributed by atoms with van der Waals surface area (Å²) < 4.78 is 2.25. The van der Waals surface area contributed by atoms with Gasteiger partial charge in [0.25, 0.3) is 0 Å². The minimum atomic E-state index is -0.230. The van der Waals surface area contributed by atoms with Gasteiger partial charge >= 0.3 is 0 Å². The number of para-hydroxylation sites is 1. The van der Waals surface area contributed by atoms with Crippen molar-refractivity contribution in [2.24, 2.45) is 0 Å². The first kappa shape index (κ1) is 18.3. The molecule has 7 heteroatoms. The molecule has 0 N–H and O–H groups in total. The summed E-state index contributed by atoms with van der Waals surface area (Å²) in [5, 5.41) is 11.6. The standard InChI is InChI=1S/C20H22N4OS2/c1-14(19(25)23(2)15-7-4-3-5-8-15)27-20-22-21-18(24(20)16-10-11-16)13-17-9-6-12-26-17/h3-9,12,14,16H,10-11,13H2,1-2H3/t14-/m1/s1. The van der Waals surface area contributed by atoms with Crippen LogP contribution in [-0.2, 0) is 11.2 Å². The van der Waals surface area contributed by atoms with Crippen molar-refractivity contribution in [3.05, 3.63) is 58.5 Å². The molecule has 2 aromatic heterocycles. The van der Waals surface area contributed by atoms with E-state index in [0.717, 1.165) is 35.9 Å². The number of hydrogen-bond acceptors (Lipinski definition) is 5. The Bertz CT molecular complexity index is 903. The molecule has 1 saturated carbocycles. The Morgan fingerprint density at radius 3 is 2.70 bits per heavy atom. The summed E-state index contributed by atoms with van der Waals surface area (Å²) in [6, 6.07) is 14.4. The summed E-state index contributed by atoms with van der Waals surface area (Å²) in [6.45, 7) is 1.94. The molecule has 1 amide bonds. The summed E-state index contributed by atoms with van der Waals surface area (Å²) in [7, 11) is 1.82. The van der Waals surface area contributed by atoms with E-state index in [9.17, 15) is 4.79 Å². The molecule has 1 aromatic carbocycles. The monoisotopic (exact) mass is 398 g/mol. The van der Waals surface area contributed by atoms with Gasteiger partial charge in [0.05, 0.1) is 5.25 Å². The molecule has 1 aliphatic carbocycles. The zero-order chi connectivity index (χ0) is 18.8. The number of anilines is 1. The molecular formula is C20H22N4OS2. The van der Waals surface area contributed by atoms with Crippen molar-refractivity contribution in [1.29, 1.82) is 0 Å². The number of aromatic nitrogens is 3. The maximum Gasteiger partial charge on any atom is 0.240 e. The number of carbonyl (C=O) groups is 1. The van der Waals surface area contributed by atoms with Crippen LogP contribution in [0.3, 0.4) is 0 Å². The molecule has 3 aromatic rings. The van der Waals surface area contributed by atoms with Crippen molar-refractivity contribution >= 4 is 34.7 Å². The molecule has 0 saturated heterocycles. The predicted octanol–water partition coefficient (Wildman–Crippen LogP) is 4.41. The second-order valence-electron chi connectivity index (χ2n) is 6.75. The number of rotatable bonds is 7. The van der Waals surface area contributed by atoms with E-state index in [1.807, 2.05) is 44.3 Å². The number of benzene rings is 1. The predicted molar refractivity (Wildman–Crippen MR) is 111 cm³/mol. The fraction of sp³-hybridized carbons (Fsp3) is 0.350. The molecule has 0 aliphatic heterocycles. The van der Waals surface area contributed by atoms with Crippen LogP contribution in [-0.4, -0.2) is 33.0 Å². The molecule has 1 aliphatic rings. The second-order valence-corrected chi connectivity index (χ2v) is 9.09. The third kappa shape index (κ3) is 4.09. The van der Waals surface area contributed by atoms with Gasteiger partial charge in [-0.1, -0.05) is 36.0 Å². The first-order valence-electron chi connectivity index (χ1n) is 9.09. The molecule has 1 fully saturated rings. The highest BCUT2D eigenvalue weighted by Crippen LogP contribution is 2.40. The Morgan fingerprint density at radius 2 is 2.04 bits per heavy atom. The first-order chi connectivity index (χ1) is 13.1. The van der Waals surface area contributed by atoms with Gasteiger partial charge in [-0.25, -0.2) is 0 Å². The molecule has 27 heavy (non-hydrogen) atoms. The van der Waals surface area contributed by atoms with Crippen LogP contribution in [0.5, 0.6) is 0 Å². The number of thiophene rings is 1. The van der Waals surface area contributed by atoms with Gasteiger partial charge in [-0.05, 0) is 43.3 Å². The van der Waals surface area contributed by atoms with E-state index >= 15 is 0 Å². The number of carbonyl (C=O) groups excluding carboxylic acids is 1. The van der Waals surface area contributed by atoms with Crippen molar-refractivity contribution in [3.63, 3.8) is 0 Å². The quantitative estimate of drug-likeness (QED) is 0.553. The van der Waals surface area contributed by atoms with Gasteiger partial charge in [0.15, 0.2) is 5.16 Å². The molecule has 5 nitrogen and oxygen atoms in total. The summed E-state index contributed by atoms with van der Waals surface area (Å²) in [5.74, 6) is 1.06. The highest BCUT2D eigenvalue weighted by atomic mass is 32.2. The van der Waals surface area contributed by atoms with Crippen LogP contribution in [0.2, 0.25) is 0 Å². The fourth-order valence-corrected chi connectivity index (χ4v) is 4.77. The van der Waals surface area contributed by atoms with E-state index in [4.69, 9.17) is 0 Å². The number of thioether (sulfide) groups is 1. The lowest BCUT2D eigenvalue weighted by Crippen LogP contribution is -2.33. The van der Waals surface area contributed by atoms with Crippen LogP contribution in [0, 0.1) is 0 Å². The SMILES string of the molecule is C[C@@H](Sc1nnc(Cc2cccs2)n1C1CC1)C(=O)N(C)c1ccccc1. The molecule has 0 bridgehead atoms. The molecule has 0 spiro atoms. The molecule has 0 radical (unpaired) electrons. The average Bonchev–Trinajstić information content (AvgIpc) is 3.25. The number of amides is 1. The van der Waals surface area contributed by atoms with E-state index < -0.39 is 0 Å². The Morgan fingerprint density at radius 1 is 1.26 bits per heavy atom. The summed E-state index contributed by atoms with van der Waals surface area (Å²) in [6.07, 6.45) is 3.12. The number of nitrogens with zero attached hydrogens (tertiary/aromatic N) is 4. The van der Waals surface area contributed by atoms with E-state index in [0.29, 0.717) is 6.04 Å². The third-order valence-electron chi connectivity index (χ3n) is 4.66. The smallest absolute Gasteiger partial charge is 0.240 e. The van der Waals surface area contributed by atoms with Gasteiger partial charge < -0.3 is 9.47 Å². The van der Waals surface area contributed by atoms with Crippen LogP contribution in [0.4, 0.5) is 5.69 Å². The van der Waals surface area contributed by atoms with E-state index in [-0.39, 0.29) is 11.2 Å². The zero-order valence-electron chi connectivity index (χ0n) is 15.4. The molecule has 1 atom stereocenters. The maximum atomic E-state index is 12.9. The summed E-state index contributed by atoms with van der Waals surface area (Å²) >= 11 is 3.24. The summed E-state index contributed by atoms with van der Waals surface area (Å²) in [4.78, 5) is 15.9. The minimum Gasteiger partial charge on any atom is -0.315 e. The van der Waals surface area contributed by atoms with Gasteiger partial charge in [-0.2, -0.15) is 0 Å². The van der Waals surface area contributed by atoms with Gasteiger partial charge in [0.2, 0.25) is 5.91 Å². The van der Waals surface area contributed by atoms with E-state index in [1.165, 1.54) is 16.6 Å². The second kappa shape index (κ2) is 7.86. The van der Waals surface area contributed by atoms with E-state index in [2.05, 4.69) is 32.3 Å². The lowest BCUT2D eigenvalue weighted by atomic mass is 10.3. The highest BCUT2D eigenvalue weighted by Gasteiger charge is 2.31. The Labute approximate surface area is 167 Å². The lowest BCUT2D eigenvalue weighted by Gasteiger charge is -2.21. The van der Waals surface area contributed by atoms with Crippen LogP contribution in [0.1, 0.15) is 36.5 Å². The van der Waals surface area contributed by atoms with Crippen molar-refractivity contribution in [2.75, 3.05) is 11.9 Å². The van der Waals surface area contributed by atoms with Crippen molar-refractivity contribution < 1.29 is 4.79 Å². The Balaban J connectivity index is 1.50. The van der Waals surface area contributed by atoms with Crippen LogP contribution < -0.4 is 4.90 Å². The Hall–Kier alpha value is -2.12. The first-order valence-corrected chi connectivity index (χ1v) is 10.8. The van der Waals surface area contributed by atoms with Gasteiger partial charge in [0.1, 0.15) is 5.82 Å². The van der Waals surface area contributed by atoms with Crippen molar-refractivity contribution in [3.8, 4) is 0 Å². The number of hydrogen-bond donors (Lipinski definition) is 0.